The Bertz CT molecular complexity index is 1010. The lowest BCUT2D eigenvalue weighted by Crippen LogP contribution is -2.20. The van der Waals surface area contributed by atoms with Gasteiger partial charge in [0.1, 0.15) is 11.6 Å². The first-order chi connectivity index (χ1) is 13.9. The van der Waals surface area contributed by atoms with Crippen molar-refractivity contribution in [2.24, 2.45) is 0 Å². The summed E-state index contributed by atoms with van der Waals surface area (Å²) in [7, 11) is 0. The van der Waals surface area contributed by atoms with Gasteiger partial charge in [-0.1, -0.05) is 12.1 Å². The molecule has 0 bridgehead atoms. The fourth-order valence-electron chi connectivity index (χ4n) is 2.70. The van der Waals surface area contributed by atoms with Crippen molar-refractivity contribution in [3.05, 3.63) is 87.6 Å². The summed E-state index contributed by atoms with van der Waals surface area (Å²) in [6, 6.07) is 17.6. The van der Waals surface area contributed by atoms with Gasteiger partial charge in [0.05, 0.1) is 4.47 Å². The van der Waals surface area contributed by atoms with E-state index in [9.17, 15) is 9.18 Å². The summed E-state index contributed by atoms with van der Waals surface area (Å²) in [5, 5.41) is 6.07. The Kier molecular flexibility index (Phi) is 6.88. The lowest BCUT2D eigenvalue weighted by Gasteiger charge is -2.12. The van der Waals surface area contributed by atoms with Gasteiger partial charge in [-0.15, -0.1) is 0 Å². The molecule has 2 N–H and O–H groups in total. The number of halogens is 2. The van der Waals surface area contributed by atoms with Gasteiger partial charge < -0.3 is 15.4 Å². The molecule has 1 amide bonds. The van der Waals surface area contributed by atoms with E-state index in [2.05, 4.69) is 26.6 Å². The van der Waals surface area contributed by atoms with Crippen LogP contribution in [0.15, 0.2) is 65.1 Å². The van der Waals surface area contributed by atoms with Crippen LogP contribution in [0.1, 0.15) is 16.7 Å². The topological polar surface area (TPSA) is 50.4 Å². The first-order valence-corrected chi connectivity index (χ1v) is 9.98. The van der Waals surface area contributed by atoms with Gasteiger partial charge in [-0.3, -0.25) is 4.79 Å². The number of hydrogen-bond acceptors (Lipinski definition) is 3. The predicted molar refractivity (Wildman–Crippen MR) is 118 cm³/mol. The summed E-state index contributed by atoms with van der Waals surface area (Å²) in [6.07, 6.45) is 0. The Morgan fingerprint density at radius 2 is 1.69 bits per heavy atom. The van der Waals surface area contributed by atoms with Crippen LogP contribution in [-0.4, -0.2) is 12.5 Å². The fraction of sp³-hybridized carbons (Fsp3) is 0.174. The molecule has 0 aliphatic rings. The third-order valence-corrected chi connectivity index (χ3v) is 5.11. The highest BCUT2D eigenvalue weighted by Gasteiger charge is 2.08. The second-order valence-electron chi connectivity index (χ2n) is 6.76. The monoisotopic (exact) mass is 456 g/mol. The van der Waals surface area contributed by atoms with Gasteiger partial charge >= 0.3 is 0 Å². The van der Waals surface area contributed by atoms with Crippen molar-refractivity contribution in [1.29, 1.82) is 0 Å². The quantitative estimate of drug-likeness (QED) is 0.469. The van der Waals surface area contributed by atoms with E-state index >= 15 is 0 Å². The second kappa shape index (κ2) is 9.56. The maximum absolute atomic E-state index is 13.0. The number of hydrogen-bond donors (Lipinski definition) is 2. The molecule has 0 saturated carbocycles. The Labute approximate surface area is 178 Å². The van der Waals surface area contributed by atoms with Crippen molar-refractivity contribution >= 4 is 33.2 Å². The average molecular weight is 457 g/mol. The van der Waals surface area contributed by atoms with E-state index in [1.165, 1.54) is 17.7 Å². The minimum atomic E-state index is -0.263. The van der Waals surface area contributed by atoms with Gasteiger partial charge in [0, 0.05) is 17.9 Å². The fourth-order valence-corrected chi connectivity index (χ4v) is 3.24. The summed E-state index contributed by atoms with van der Waals surface area (Å²) >= 11 is 3.48. The van der Waals surface area contributed by atoms with E-state index < -0.39 is 0 Å². The van der Waals surface area contributed by atoms with Crippen LogP contribution < -0.4 is 15.4 Å². The van der Waals surface area contributed by atoms with E-state index in [1.807, 2.05) is 50.2 Å². The summed E-state index contributed by atoms with van der Waals surface area (Å²) in [4.78, 5) is 12.2. The molecule has 0 heterocycles. The molecule has 3 rings (SSSR count). The highest BCUT2D eigenvalue weighted by Crippen LogP contribution is 2.26. The molecule has 3 aromatic carbocycles. The van der Waals surface area contributed by atoms with Crippen molar-refractivity contribution in [3.8, 4) is 5.75 Å². The van der Waals surface area contributed by atoms with Gasteiger partial charge in [-0.05, 0) is 95.0 Å². The molecule has 0 aliphatic heterocycles. The van der Waals surface area contributed by atoms with Crippen LogP contribution in [0.3, 0.4) is 0 Å². The number of carbonyl (C=O) groups excluding carboxylic acids is 1. The van der Waals surface area contributed by atoms with Crippen LogP contribution in [0.5, 0.6) is 5.75 Å². The highest BCUT2D eigenvalue weighted by atomic mass is 79.9. The lowest BCUT2D eigenvalue weighted by molar-refractivity contribution is -0.118. The largest absolute Gasteiger partial charge is 0.483 e. The number of aryl methyl sites for hydroxylation is 2. The normalized spacial score (nSPS) is 10.5. The molecule has 0 aliphatic carbocycles. The minimum Gasteiger partial charge on any atom is -0.483 e. The zero-order valence-electron chi connectivity index (χ0n) is 16.3. The summed E-state index contributed by atoms with van der Waals surface area (Å²) < 4.78 is 19.3. The number of rotatable bonds is 7. The van der Waals surface area contributed by atoms with Gasteiger partial charge in [0.25, 0.3) is 5.91 Å². The Balaban J connectivity index is 1.52. The third-order valence-electron chi connectivity index (χ3n) is 4.49. The van der Waals surface area contributed by atoms with Crippen LogP contribution in [0.2, 0.25) is 0 Å². The Morgan fingerprint density at radius 1 is 0.966 bits per heavy atom. The molecule has 4 nitrogen and oxygen atoms in total. The number of carbonyl (C=O) groups is 1. The lowest BCUT2D eigenvalue weighted by atomic mass is 10.1. The van der Waals surface area contributed by atoms with Crippen LogP contribution in [0.25, 0.3) is 0 Å². The first-order valence-electron chi connectivity index (χ1n) is 9.18. The SMILES string of the molecule is Cc1ccc(NC(=O)COc2ccc(CNc3ccc(F)cc3)cc2Br)cc1C. The zero-order valence-corrected chi connectivity index (χ0v) is 17.8. The minimum absolute atomic E-state index is 0.0846. The van der Waals surface area contributed by atoms with Crippen LogP contribution >= 0.6 is 15.9 Å². The number of benzene rings is 3. The first kappa shape index (κ1) is 20.9. The number of amides is 1. The Hall–Kier alpha value is -2.86. The smallest absolute Gasteiger partial charge is 0.262 e. The van der Waals surface area contributed by atoms with Gasteiger partial charge in [-0.2, -0.15) is 0 Å². The Morgan fingerprint density at radius 3 is 2.38 bits per heavy atom. The predicted octanol–water partition coefficient (Wildman–Crippen LogP) is 5.83. The number of ether oxygens (including phenoxy) is 1. The maximum Gasteiger partial charge on any atom is 0.262 e. The molecule has 3 aromatic rings. The van der Waals surface area contributed by atoms with Crippen LogP contribution in [0.4, 0.5) is 15.8 Å². The zero-order chi connectivity index (χ0) is 20.8. The molecule has 6 heteroatoms. The van der Waals surface area contributed by atoms with E-state index in [4.69, 9.17) is 4.74 Å². The van der Waals surface area contributed by atoms with Crippen molar-refractivity contribution in [1.82, 2.24) is 0 Å². The van der Waals surface area contributed by atoms with Crippen LogP contribution in [-0.2, 0) is 11.3 Å². The van der Waals surface area contributed by atoms with Gasteiger partial charge in [-0.25, -0.2) is 4.39 Å². The van der Waals surface area contributed by atoms with Crippen LogP contribution in [0, 0.1) is 19.7 Å². The van der Waals surface area contributed by atoms with Crippen molar-refractivity contribution in [2.45, 2.75) is 20.4 Å². The third kappa shape index (κ3) is 6.06. The molecule has 0 fully saturated rings. The van der Waals surface area contributed by atoms with Crippen molar-refractivity contribution < 1.29 is 13.9 Å². The average Bonchev–Trinajstić information content (AvgIpc) is 2.69. The molecule has 0 radical (unpaired) electrons. The molecular weight excluding hydrogens is 435 g/mol. The summed E-state index contributed by atoms with van der Waals surface area (Å²) in [5.74, 6) is 0.106. The molecule has 150 valence electrons. The molecule has 0 aromatic heterocycles. The second-order valence-corrected chi connectivity index (χ2v) is 7.62. The van der Waals surface area contributed by atoms with Crippen molar-refractivity contribution in [3.63, 3.8) is 0 Å². The molecular formula is C23H22BrFN2O2. The van der Waals surface area contributed by atoms with Crippen molar-refractivity contribution in [2.75, 3.05) is 17.2 Å². The molecule has 0 saturated heterocycles. The van der Waals surface area contributed by atoms with E-state index in [0.717, 1.165) is 27.0 Å². The van der Waals surface area contributed by atoms with E-state index in [0.29, 0.717) is 12.3 Å². The number of anilines is 2. The molecule has 0 unspecified atom stereocenters. The van der Waals surface area contributed by atoms with Gasteiger partial charge in [0.15, 0.2) is 6.61 Å². The summed E-state index contributed by atoms with van der Waals surface area (Å²) in [6.45, 7) is 4.53. The molecule has 0 spiro atoms. The summed E-state index contributed by atoms with van der Waals surface area (Å²) in [5.41, 5.74) is 4.91. The van der Waals surface area contributed by atoms with Gasteiger partial charge in [0.2, 0.25) is 0 Å². The molecule has 29 heavy (non-hydrogen) atoms. The highest BCUT2D eigenvalue weighted by molar-refractivity contribution is 9.10. The standard InChI is InChI=1S/C23H22BrFN2O2/c1-15-3-7-20(11-16(15)2)27-23(28)14-29-22-10-4-17(12-21(22)24)13-26-19-8-5-18(25)6-9-19/h3-12,26H,13-14H2,1-2H3,(H,27,28). The molecule has 0 atom stereocenters. The number of nitrogens with one attached hydrogen (secondary N) is 2. The van der Waals surface area contributed by atoms with E-state index in [-0.39, 0.29) is 18.3 Å². The van der Waals surface area contributed by atoms with E-state index in [1.54, 1.807) is 12.1 Å². The maximum atomic E-state index is 13.0.